The molecule has 1 aliphatic heterocycles. The highest BCUT2D eigenvalue weighted by Gasteiger charge is 2.34. The first-order valence-corrected chi connectivity index (χ1v) is 10.2. The topological polar surface area (TPSA) is 127 Å². The van der Waals surface area contributed by atoms with Crippen LogP contribution in [-0.4, -0.2) is 68.8 Å². The van der Waals surface area contributed by atoms with E-state index in [4.69, 9.17) is 35.1 Å². The molecule has 1 aromatic carbocycles. The second kappa shape index (κ2) is 20.3. The van der Waals surface area contributed by atoms with Crippen LogP contribution in [0.5, 0.6) is 0 Å². The predicted octanol–water partition coefficient (Wildman–Crippen LogP) is 1.41. The van der Waals surface area contributed by atoms with Crippen molar-refractivity contribution in [1.82, 2.24) is 15.1 Å². The first-order valence-electron chi connectivity index (χ1n) is 10.2. The van der Waals surface area contributed by atoms with Gasteiger partial charge in [-0.25, -0.2) is 18.0 Å². The molecule has 166 valence electrons. The van der Waals surface area contributed by atoms with Crippen LogP contribution >= 0.6 is 0 Å². The average Bonchev–Trinajstić information content (AvgIpc) is 3.20. The molecule has 31 heavy (non-hydrogen) atoms. The van der Waals surface area contributed by atoms with Crippen molar-refractivity contribution < 1.29 is 0 Å². The van der Waals surface area contributed by atoms with Crippen molar-refractivity contribution in [3.8, 4) is 12.1 Å². The number of nitrogens with zero attached hydrogens (tertiary/aromatic N) is 6. The quantitative estimate of drug-likeness (QED) is 0.311. The number of hydrogen-bond acceptors (Lipinski definition) is 7. The maximum atomic E-state index is 8.84. The molecule has 1 aliphatic rings. The lowest BCUT2D eigenvalue weighted by Crippen LogP contribution is -2.31. The molecule has 2 rings (SSSR count). The summed E-state index contributed by atoms with van der Waals surface area (Å²) in [5.74, 6) is 0. The van der Waals surface area contributed by atoms with Crippen molar-refractivity contribution in [2.45, 2.75) is 19.0 Å². The molecule has 5 N–H and O–H groups in total. The molecule has 0 aromatic heterocycles. The molecule has 0 radical (unpaired) electrons. The second-order valence-corrected chi connectivity index (χ2v) is 6.53. The van der Waals surface area contributed by atoms with Gasteiger partial charge in [0.15, 0.2) is 0 Å². The van der Waals surface area contributed by atoms with Gasteiger partial charge in [0.1, 0.15) is 0 Å². The molecule has 1 atom stereocenters. The summed E-state index contributed by atoms with van der Waals surface area (Å²) in [5, 5.41) is 19.9. The van der Waals surface area contributed by atoms with E-state index >= 15 is 0 Å². The highest BCUT2D eigenvalue weighted by Crippen LogP contribution is 2.29. The highest BCUT2D eigenvalue weighted by atomic mass is 15.4. The Balaban J connectivity index is 0.000000548. The van der Waals surface area contributed by atoms with Crippen LogP contribution in [0.3, 0.4) is 0 Å². The first-order chi connectivity index (χ1) is 15.2. The van der Waals surface area contributed by atoms with Crippen molar-refractivity contribution in [3.05, 3.63) is 58.7 Å². The van der Waals surface area contributed by atoms with Crippen LogP contribution in [0.15, 0.2) is 30.3 Å². The number of rotatable bonds is 9. The van der Waals surface area contributed by atoms with E-state index in [0.29, 0.717) is 39.4 Å². The summed E-state index contributed by atoms with van der Waals surface area (Å²) in [4.78, 5) is 10.9. The zero-order chi connectivity index (χ0) is 23.2. The van der Waals surface area contributed by atoms with Gasteiger partial charge in [0.25, 0.3) is 6.67 Å². The fraction of sp³-hybridized carbons (Fsp3) is 0.545. The molecule has 1 fully saturated rings. The number of benzene rings is 1. The fourth-order valence-electron chi connectivity index (χ4n) is 2.86. The maximum absolute atomic E-state index is 8.84. The van der Waals surface area contributed by atoms with E-state index in [9.17, 15) is 0 Å². The van der Waals surface area contributed by atoms with Gasteiger partial charge in [-0.1, -0.05) is 30.3 Å². The van der Waals surface area contributed by atoms with Gasteiger partial charge < -0.3 is 21.6 Å². The predicted molar refractivity (Wildman–Crippen MR) is 122 cm³/mol. The average molecular weight is 424 g/mol. The van der Waals surface area contributed by atoms with Crippen LogP contribution in [0.1, 0.15) is 24.6 Å². The minimum Gasteiger partial charge on any atom is -0.329 e. The van der Waals surface area contributed by atoms with E-state index < -0.39 is 0 Å². The Morgan fingerprint density at radius 1 is 1.00 bits per heavy atom. The van der Waals surface area contributed by atoms with E-state index in [2.05, 4.69) is 43.0 Å². The van der Waals surface area contributed by atoms with Gasteiger partial charge in [0.05, 0.1) is 31.4 Å². The van der Waals surface area contributed by atoms with Gasteiger partial charge in [-0.05, 0) is 18.5 Å². The zero-order valence-electron chi connectivity index (χ0n) is 18.1. The lowest BCUT2D eigenvalue weighted by molar-refractivity contribution is 0.161. The number of nitrogens with two attached hydrogens (primary N) is 2. The minimum absolute atomic E-state index is 0.0740. The third-order valence-electron chi connectivity index (χ3n) is 4.23. The van der Waals surface area contributed by atoms with Gasteiger partial charge in [0.2, 0.25) is 6.54 Å². The summed E-state index contributed by atoms with van der Waals surface area (Å²) in [5.41, 5.74) is 11.0. The number of unbranched alkanes of at least 4 members (excludes halogenated alkanes) is 1. The lowest BCUT2D eigenvalue weighted by atomic mass is 10.1. The summed E-state index contributed by atoms with van der Waals surface area (Å²) in [7, 11) is 0. The normalized spacial score (nSPS) is 15.1. The SMILES string of the molecule is NCCN.[C-]#[N+]CCCCNCC#N.[C-]#[N+]CN1CCN(CC#N)C1c1ccccc1. The van der Waals surface area contributed by atoms with Crippen molar-refractivity contribution in [2.24, 2.45) is 11.5 Å². The fourth-order valence-corrected chi connectivity index (χ4v) is 2.86. The Labute approximate surface area is 186 Å². The van der Waals surface area contributed by atoms with Crippen LogP contribution < -0.4 is 16.8 Å². The smallest absolute Gasteiger partial charge is 0.272 e. The zero-order valence-corrected chi connectivity index (χ0v) is 18.1. The molecule has 1 aromatic rings. The van der Waals surface area contributed by atoms with Gasteiger partial charge in [-0.15, -0.1) is 0 Å². The standard InChI is InChI=1S/C13H14N4.C7H11N3.C2H8N2/c1-15-11-17-10-9-16(8-7-14)13(17)12-5-3-2-4-6-12;1-9-5-2-3-6-10-7-4-8;3-1-2-4/h2-6,13H,8-11H2;10H,2-3,5-7H2;1-4H2. The third kappa shape index (κ3) is 13.0. The van der Waals surface area contributed by atoms with E-state index in [-0.39, 0.29) is 6.17 Å². The summed E-state index contributed by atoms with van der Waals surface area (Å²) in [6, 6.07) is 14.3. The van der Waals surface area contributed by atoms with Crippen LogP contribution in [-0.2, 0) is 0 Å². The van der Waals surface area contributed by atoms with Gasteiger partial charge in [0, 0.05) is 32.6 Å². The summed E-state index contributed by atoms with van der Waals surface area (Å²) >= 11 is 0. The summed E-state index contributed by atoms with van der Waals surface area (Å²) in [6.07, 6.45) is 2.00. The Kier molecular flexibility index (Phi) is 18.3. The molecular formula is C22H33N9. The number of nitriles is 2. The van der Waals surface area contributed by atoms with Gasteiger partial charge >= 0.3 is 0 Å². The third-order valence-corrected chi connectivity index (χ3v) is 4.23. The largest absolute Gasteiger partial charge is 0.329 e. The maximum Gasteiger partial charge on any atom is 0.272 e. The molecular weight excluding hydrogens is 390 g/mol. The molecule has 9 nitrogen and oxygen atoms in total. The highest BCUT2D eigenvalue weighted by molar-refractivity contribution is 5.20. The molecule has 0 amide bonds. The molecule has 1 saturated heterocycles. The molecule has 0 aliphatic carbocycles. The second-order valence-electron chi connectivity index (χ2n) is 6.53. The molecule has 1 unspecified atom stereocenters. The molecule has 9 heteroatoms. The van der Waals surface area contributed by atoms with Gasteiger partial charge in [-0.3, -0.25) is 9.74 Å². The van der Waals surface area contributed by atoms with E-state index in [1.165, 1.54) is 0 Å². The van der Waals surface area contributed by atoms with Crippen molar-refractivity contribution in [1.29, 1.82) is 10.5 Å². The lowest BCUT2D eigenvalue weighted by Gasteiger charge is -2.26. The molecule has 0 saturated carbocycles. The molecule has 0 bridgehead atoms. The van der Waals surface area contributed by atoms with Crippen LogP contribution in [0.2, 0.25) is 0 Å². The minimum atomic E-state index is 0.0740. The first kappa shape index (κ1) is 28.0. The van der Waals surface area contributed by atoms with Gasteiger partial charge in [-0.2, -0.15) is 10.5 Å². The van der Waals surface area contributed by atoms with E-state index in [0.717, 1.165) is 38.0 Å². The van der Waals surface area contributed by atoms with Crippen molar-refractivity contribution >= 4 is 0 Å². The number of nitrogens with one attached hydrogen (secondary N) is 1. The van der Waals surface area contributed by atoms with E-state index in [1.54, 1.807) is 0 Å². The molecule has 1 heterocycles. The van der Waals surface area contributed by atoms with Crippen LogP contribution in [0, 0.1) is 35.8 Å². The Bertz CT molecular complexity index is 681. The summed E-state index contributed by atoms with van der Waals surface area (Å²) in [6.45, 7) is 19.0. The Hall–Kier alpha value is -3.02. The summed E-state index contributed by atoms with van der Waals surface area (Å²) < 4.78 is 0. The van der Waals surface area contributed by atoms with Crippen LogP contribution in [0.4, 0.5) is 0 Å². The van der Waals surface area contributed by atoms with Crippen molar-refractivity contribution in [2.75, 3.05) is 59.0 Å². The van der Waals surface area contributed by atoms with E-state index in [1.807, 2.05) is 24.3 Å². The molecule has 0 spiro atoms. The van der Waals surface area contributed by atoms with Crippen molar-refractivity contribution in [3.63, 3.8) is 0 Å². The monoisotopic (exact) mass is 423 g/mol. The Morgan fingerprint density at radius 3 is 2.23 bits per heavy atom. The van der Waals surface area contributed by atoms with Crippen LogP contribution in [0.25, 0.3) is 9.69 Å². The number of hydrogen-bond donors (Lipinski definition) is 3. The Morgan fingerprint density at radius 2 is 1.68 bits per heavy atom.